The molecule has 1 aromatic rings. The normalized spacial score (nSPS) is 9.76. The van der Waals surface area contributed by atoms with Crippen molar-refractivity contribution in [3.8, 4) is 0 Å². The number of carbonyl (C=O) groups is 2. The Balaban J connectivity index is 2.30. The SMILES string of the molecule is NCC(=O)NCCNC(=O)c1ccc(Br)cc1. The predicted octanol–water partition coefficient (Wildman–Crippen LogP) is 0.254. The molecule has 2 amide bonds. The van der Waals surface area contributed by atoms with Gasteiger partial charge < -0.3 is 16.4 Å². The van der Waals surface area contributed by atoms with Crippen molar-refractivity contribution < 1.29 is 9.59 Å². The van der Waals surface area contributed by atoms with Gasteiger partial charge in [0.2, 0.25) is 5.91 Å². The maximum Gasteiger partial charge on any atom is 0.251 e. The Bertz CT molecular complexity index is 392. The first-order chi connectivity index (χ1) is 8.13. The number of halogens is 1. The van der Waals surface area contributed by atoms with Crippen LogP contribution in [-0.4, -0.2) is 31.4 Å². The molecule has 0 aromatic heterocycles. The summed E-state index contributed by atoms with van der Waals surface area (Å²) in [6.07, 6.45) is 0. The highest BCUT2D eigenvalue weighted by Gasteiger charge is 2.04. The number of benzene rings is 1. The molecule has 0 unspecified atom stereocenters. The molecule has 0 aliphatic heterocycles. The van der Waals surface area contributed by atoms with Gasteiger partial charge in [0.05, 0.1) is 6.54 Å². The van der Waals surface area contributed by atoms with Crippen molar-refractivity contribution in [1.29, 1.82) is 0 Å². The Hall–Kier alpha value is -1.40. The number of nitrogens with two attached hydrogens (primary N) is 1. The van der Waals surface area contributed by atoms with Gasteiger partial charge in [0, 0.05) is 23.1 Å². The van der Waals surface area contributed by atoms with E-state index in [1.165, 1.54) is 0 Å². The Morgan fingerprint density at radius 3 is 2.29 bits per heavy atom. The Labute approximate surface area is 108 Å². The quantitative estimate of drug-likeness (QED) is 0.682. The van der Waals surface area contributed by atoms with Crippen LogP contribution in [0.2, 0.25) is 0 Å². The highest BCUT2D eigenvalue weighted by Crippen LogP contribution is 2.10. The molecule has 0 atom stereocenters. The third kappa shape index (κ3) is 4.97. The van der Waals surface area contributed by atoms with Gasteiger partial charge in [-0.05, 0) is 24.3 Å². The maximum absolute atomic E-state index is 11.6. The molecule has 92 valence electrons. The molecule has 17 heavy (non-hydrogen) atoms. The molecule has 0 radical (unpaired) electrons. The van der Waals surface area contributed by atoms with Crippen LogP contribution >= 0.6 is 15.9 Å². The minimum atomic E-state index is -0.233. The zero-order valence-corrected chi connectivity index (χ0v) is 10.8. The van der Waals surface area contributed by atoms with Crippen molar-refractivity contribution in [2.45, 2.75) is 0 Å². The van der Waals surface area contributed by atoms with Crippen molar-refractivity contribution in [1.82, 2.24) is 10.6 Å². The molecule has 0 saturated heterocycles. The molecular weight excluding hydrogens is 286 g/mol. The number of carbonyl (C=O) groups excluding carboxylic acids is 2. The molecule has 0 spiro atoms. The summed E-state index contributed by atoms with van der Waals surface area (Å²) in [5.41, 5.74) is 5.70. The molecule has 0 bridgehead atoms. The molecule has 0 fully saturated rings. The fraction of sp³-hybridized carbons (Fsp3) is 0.273. The lowest BCUT2D eigenvalue weighted by atomic mass is 10.2. The van der Waals surface area contributed by atoms with Gasteiger partial charge in [0.25, 0.3) is 5.91 Å². The molecule has 0 saturated carbocycles. The van der Waals surface area contributed by atoms with Crippen LogP contribution < -0.4 is 16.4 Å². The Kier molecular flexibility index (Phi) is 5.65. The van der Waals surface area contributed by atoms with Crippen molar-refractivity contribution in [3.05, 3.63) is 34.3 Å². The van der Waals surface area contributed by atoms with E-state index >= 15 is 0 Å². The summed E-state index contributed by atoms with van der Waals surface area (Å²) < 4.78 is 0.921. The summed E-state index contributed by atoms with van der Waals surface area (Å²) in [5.74, 6) is -0.401. The Morgan fingerprint density at radius 2 is 1.71 bits per heavy atom. The predicted molar refractivity (Wildman–Crippen MR) is 68.5 cm³/mol. The van der Waals surface area contributed by atoms with Crippen molar-refractivity contribution in [2.24, 2.45) is 5.73 Å². The second-order valence-corrected chi connectivity index (χ2v) is 4.23. The molecule has 0 heterocycles. The van der Waals surface area contributed by atoms with E-state index in [4.69, 9.17) is 5.73 Å². The standard InChI is InChI=1S/C11H14BrN3O2/c12-9-3-1-8(2-4-9)11(17)15-6-5-14-10(16)7-13/h1-4H,5-7,13H2,(H,14,16)(H,15,17). The van der Waals surface area contributed by atoms with Crippen LogP contribution in [0.1, 0.15) is 10.4 Å². The lowest BCUT2D eigenvalue weighted by Gasteiger charge is -2.06. The number of hydrogen-bond donors (Lipinski definition) is 3. The van der Waals surface area contributed by atoms with Crippen molar-refractivity contribution in [3.63, 3.8) is 0 Å². The highest BCUT2D eigenvalue weighted by molar-refractivity contribution is 9.10. The van der Waals surface area contributed by atoms with E-state index in [1.54, 1.807) is 24.3 Å². The number of nitrogens with one attached hydrogen (secondary N) is 2. The van der Waals surface area contributed by atoms with Crippen LogP contribution in [0.15, 0.2) is 28.7 Å². The first kappa shape index (κ1) is 13.7. The molecular formula is C11H14BrN3O2. The van der Waals surface area contributed by atoms with Gasteiger partial charge in [-0.1, -0.05) is 15.9 Å². The van der Waals surface area contributed by atoms with Crippen LogP contribution in [0.25, 0.3) is 0 Å². The molecule has 5 nitrogen and oxygen atoms in total. The topological polar surface area (TPSA) is 84.2 Å². The fourth-order valence-corrected chi connectivity index (χ4v) is 1.42. The molecule has 4 N–H and O–H groups in total. The van der Waals surface area contributed by atoms with Crippen LogP contribution in [0.4, 0.5) is 0 Å². The van der Waals surface area contributed by atoms with Gasteiger partial charge in [0.15, 0.2) is 0 Å². The van der Waals surface area contributed by atoms with Gasteiger partial charge in [-0.2, -0.15) is 0 Å². The van der Waals surface area contributed by atoms with Gasteiger partial charge in [-0.3, -0.25) is 9.59 Å². The van der Waals surface area contributed by atoms with Gasteiger partial charge in [-0.25, -0.2) is 0 Å². The fourth-order valence-electron chi connectivity index (χ4n) is 1.15. The molecule has 1 rings (SSSR count). The summed E-state index contributed by atoms with van der Waals surface area (Å²) in [4.78, 5) is 22.4. The molecule has 6 heteroatoms. The molecule has 1 aromatic carbocycles. The monoisotopic (exact) mass is 299 g/mol. The minimum absolute atomic E-state index is 0.0410. The van der Waals surface area contributed by atoms with Gasteiger partial charge in [-0.15, -0.1) is 0 Å². The van der Waals surface area contributed by atoms with Crippen LogP contribution in [0, 0.1) is 0 Å². The first-order valence-electron chi connectivity index (χ1n) is 5.14. The van der Waals surface area contributed by atoms with E-state index in [9.17, 15) is 9.59 Å². The lowest BCUT2D eigenvalue weighted by molar-refractivity contribution is -0.119. The zero-order chi connectivity index (χ0) is 12.7. The van der Waals surface area contributed by atoms with Gasteiger partial charge >= 0.3 is 0 Å². The molecule has 0 aliphatic carbocycles. The van der Waals surface area contributed by atoms with E-state index < -0.39 is 0 Å². The smallest absolute Gasteiger partial charge is 0.251 e. The second-order valence-electron chi connectivity index (χ2n) is 3.32. The van der Waals surface area contributed by atoms with E-state index in [1.807, 2.05) is 0 Å². The Morgan fingerprint density at radius 1 is 1.12 bits per heavy atom. The van der Waals surface area contributed by atoms with E-state index in [0.717, 1.165) is 4.47 Å². The van der Waals surface area contributed by atoms with E-state index in [2.05, 4.69) is 26.6 Å². The minimum Gasteiger partial charge on any atom is -0.353 e. The average Bonchev–Trinajstić information content (AvgIpc) is 2.34. The third-order valence-electron chi connectivity index (χ3n) is 2.02. The van der Waals surface area contributed by atoms with Crippen LogP contribution in [-0.2, 0) is 4.79 Å². The average molecular weight is 300 g/mol. The van der Waals surface area contributed by atoms with Crippen LogP contribution in [0.5, 0.6) is 0 Å². The number of hydrogen-bond acceptors (Lipinski definition) is 3. The maximum atomic E-state index is 11.6. The number of amides is 2. The zero-order valence-electron chi connectivity index (χ0n) is 9.20. The lowest BCUT2D eigenvalue weighted by Crippen LogP contribution is -2.37. The largest absolute Gasteiger partial charge is 0.353 e. The number of rotatable bonds is 5. The highest BCUT2D eigenvalue weighted by atomic mass is 79.9. The van der Waals surface area contributed by atoms with E-state index in [-0.39, 0.29) is 18.4 Å². The second kappa shape index (κ2) is 7.03. The van der Waals surface area contributed by atoms with E-state index in [0.29, 0.717) is 18.7 Å². The molecule has 0 aliphatic rings. The van der Waals surface area contributed by atoms with Gasteiger partial charge in [0.1, 0.15) is 0 Å². The summed E-state index contributed by atoms with van der Waals surface area (Å²) in [7, 11) is 0. The van der Waals surface area contributed by atoms with Crippen molar-refractivity contribution in [2.75, 3.05) is 19.6 Å². The summed E-state index contributed by atoms with van der Waals surface area (Å²) in [6, 6.07) is 7.03. The summed E-state index contributed by atoms with van der Waals surface area (Å²) in [5, 5.41) is 5.25. The summed E-state index contributed by atoms with van der Waals surface area (Å²) in [6.45, 7) is 0.708. The van der Waals surface area contributed by atoms with Crippen LogP contribution in [0.3, 0.4) is 0 Å². The summed E-state index contributed by atoms with van der Waals surface area (Å²) >= 11 is 3.29. The van der Waals surface area contributed by atoms with Crippen molar-refractivity contribution >= 4 is 27.7 Å². The first-order valence-corrected chi connectivity index (χ1v) is 5.93. The third-order valence-corrected chi connectivity index (χ3v) is 2.55.